The fraction of sp³-hybridized carbons (Fsp3) is 0.300. The van der Waals surface area contributed by atoms with Crippen molar-refractivity contribution in [2.75, 3.05) is 11.4 Å². The van der Waals surface area contributed by atoms with E-state index in [4.69, 9.17) is 0 Å². The van der Waals surface area contributed by atoms with Crippen LogP contribution in [0, 0.1) is 0 Å². The fourth-order valence-corrected chi connectivity index (χ4v) is 2.08. The van der Waals surface area contributed by atoms with Gasteiger partial charge in [0.2, 0.25) is 5.91 Å². The molecule has 1 saturated heterocycles. The zero-order valence-corrected chi connectivity index (χ0v) is 9.48. The minimum atomic E-state index is 0.0585. The molecule has 1 aromatic heterocycles. The molecule has 1 fully saturated rings. The zero-order chi connectivity index (χ0) is 10.8. The topological polar surface area (TPSA) is 50.3 Å². The standard InChI is InChI=1S/C10H9BrN2O2/c11-8-3-10(15)13(5-8)9-2-1-7(6-14)4-12-9/h1-2,4,6,8H,3,5H2. The summed E-state index contributed by atoms with van der Waals surface area (Å²) < 4.78 is 0. The number of alkyl halides is 1. The van der Waals surface area contributed by atoms with Gasteiger partial charge in [-0.05, 0) is 12.1 Å². The van der Waals surface area contributed by atoms with Crippen molar-refractivity contribution in [3.05, 3.63) is 23.9 Å². The van der Waals surface area contributed by atoms with Crippen LogP contribution in [0.4, 0.5) is 5.82 Å². The van der Waals surface area contributed by atoms with Gasteiger partial charge >= 0.3 is 0 Å². The number of carbonyl (C=O) groups excluding carboxylic acids is 2. The van der Waals surface area contributed by atoms with E-state index >= 15 is 0 Å². The summed E-state index contributed by atoms with van der Waals surface area (Å²) in [5.74, 6) is 0.663. The van der Waals surface area contributed by atoms with E-state index in [1.165, 1.54) is 6.20 Å². The van der Waals surface area contributed by atoms with Gasteiger partial charge in [-0.15, -0.1) is 0 Å². The van der Waals surface area contributed by atoms with Gasteiger partial charge in [-0.1, -0.05) is 15.9 Å². The molecule has 5 heteroatoms. The number of amides is 1. The van der Waals surface area contributed by atoms with Gasteiger partial charge in [0.15, 0.2) is 6.29 Å². The monoisotopic (exact) mass is 268 g/mol. The van der Waals surface area contributed by atoms with Crippen LogP contribution >= 0.6 is 15.9 Å². The lowest BCUT2D eigenvalue weighted by molar-refractivity contribution is -0.117. The van der Waals surface area contributed by atoms with Crippen LogP contribution in [0.5, 0.6) is 0 Å². The van der Waals surface area contributed by atoms with Crippen molar-refractivity contribution in [1.82, 2.24) is 4.98 Å². The molecule has 0 N–H and O–H groups in total. The van der Waals surface area contributed by atoms with Crippen LogP contribution in [0.15, 0.2) is 18.3 Å². The molecule has 1 aromatic rings. The van der Waals surface area contributed by atoms with Crippen LogP contribution in [0.2, 0.25) is 0 Å². The summed E-state index contributed by atoms with van der Waals surface area (Å²) >= 11 is 3.40. The number of hydrogen-bond donors (Lipinski definition) is 0. The van der Waals surface area contributed by atoms with Gasteiger partial charge in [-0.3, -0.25) is 14.5 Å². The summed E-state index contributed by atoms with van der Waals surface area (Å²) in [5, 5.41) is 0. The second kappa shape index (κ2) is 4.10. The predicted octanol–water partition coefficient (Wildman–Crippen LogP) is 1.39. The third kappa shape index (κ3) is 2.07. The number of carbonyl (C=O) groups is 2. The number of aromatic nitrogens is 1. The number of anilines is 1. The van der Waals surface area contributed by atoms with Gasteiger partial charge in [0.25, 0.3) is 0 Å². The molecule has 1 aliphatic rings. The molecule has 0 saturated carbocycles. The molecule has 0 bridgehead atoms. The minimum absolute atomic E-state index is 0.0585. The van der Waals surface area contributed by atoms with Crippen molar-refractivity contribution in [3.63, 3.8) is 0 Å². The van der Waals surface area contributed by atoms with Crippen LogP contribution in [-0.2, 0) is 4.79 Å². The Morgan fingerprint density at radius 1 is 1.53 bits per heavy atom. The second-order valence-corrected chi connectivity index (χ2v) is 4.67. The second-order valence-electron chi connectivity index (χ2n) is 3.37. The van der Waals surface area contributed by atoms with E-state index in [9.17, 15) is 9.59 Å². The first-order valence-electron chi connectivity index (χ1n) is 4.56. The molecule has 1 unspecified atom stereocenters. The maximum Gasteiger partial charge on any atom is 0.229 e. The Bertz CT molecular complexity index is 391. The van der Waals surface area contributed by atoms with Crippen LogP contribution in [-0.4, -0.2) is 28.5 Å². The summed E-state index contributed by atoms with van der Waals surface area (Å²) in [6.45, 7) is 0.631. The minimum Gasteiger partial charge on any atom is -0.298 e. The highest BCUT2D eigenvalue weighted by molar-refractivity contribution is 9.09. The van der Waals surface area contributed by atoms with Crippen LogP contribution in [0.3, 0.4) is 0 Å². The maximum absolute atomic E-state index is 11.5. The molecule has 1 amide bonds. The summed E-state index contributed by atoms with van der Waals surface area (Å²) in [5.41, 5.74) is 0.515. The first kappa shape index (κ1) is 10.3. The highest BCUT2D eigenvalue weighted by Gasteiger charge is 2.29. The molecule has 0 radical (unpaired) electrons. The van der Waals surface area contributed by atoms with E-state index in [1.807, 2.05) is 0 Å². The first-order valence-corrected chi connectivity index (χ1v) is 5.48. The van der Waals surface area contributed by atoms with Crippen molar-refractivity contribution in [2.24, 2.45) is 0 Å². The zero-order valence-electron chi connectivity index (χ0n) is 7.89. The molecular weight excluding hydrogens is 260 g/mol. The van der Waals surface area contributed by atoms with Gasteiger partial charge in [-0.2, -0.15) is 0 Å². The molecule has 4 nitrogen and oxygen atoms in total. The summed E-state index contributed by atoms with van der Waals surface area (Å²) in [7, 11) is 0. The van der Waals surface area contributed by atoms with Crippen LogP contribution in [0.1, 0.15) is 16.8 Å². The molecule has 15 heavy (non-hydrogen) atoms. The number of halogens is 1. The third-order valence-electron chi connectivity index (χ3n) is 2.26. The van der Waals surface area contributed by atoms with Crippen molar-refractivity contribution < 1.29 is 9.59 Å². The first-order chi connectivity index (χ1) is 7.20. The number of rotatable bonds is 2. The van der Waals surface area contributed by atoms with Gasteiger partial charge in [-0.25, -0.2) is 4.98 Å². The smallest absolute Gasteiger partial charge is 0.229 e. The Balaban J connectivity index is 2.22. The maximum atomic E-state index is 11.5. The number of pyridine rings is 1. The van der Waals surface area contributed by atoms with Gasteiger partial charge in [0, 0.05) is 29.6 Å². The molecule has 1 aliphatic heterocycles. The third-order valence-corrected chi connectivity index (χ3v) is 2.87. The normalized spacial score (nSPS) is 20.7. The van der Waals surface area contributed by atoms with Crippen LogP contribution < -0.4 is 4.90 Å². The Kier molecular flexibility index (Phi) is 2.81. The van der Waals surface area contributed by atoms with E-state index in [0.717, 1.165) is 6.29 Å². The van der Waals surface area contributed by atoms with E-state index in [2.05, 4.69) is 20.9 Å². The van der Waals surface area contributed by atoms with Crippen molar-refractivity contribution in [3.8, 4) is 0 Å². The Hall–Kier alpha value is -1.23. The Morgan fingerprint density at radius 3 is 2.80 bits per heavy atom. The summed E-state index contributed by atoms with van der Waals surface area (Å²) in [4.78, 5) is 27.8. The molecule has 0 spiro atoms. The number of aldehydes is 1. The number of hydrogen-bond acceptors (Lipinski definition) is 3. The van der Waals surface area contributed by atoms with Crippen molar-refractivity contribution in [1.29, 1.82) is 0 Å². The van der Waals surface area contributed by atoms with E-state index in [0.29, 0.717) is 24.3 Å². The lowest BCUT2D eigenvalue weighted by Crippen LogP contribution is -2.25. The van der Waals surface area contributed by atoms with Crippen molar-refractivity contribution >= 4 is 33.9 Å². The van der Waals surface area contributed by atoms with E-state index in [-0.39, 0.29) is 10.7 Å². The Morgan fingerprint density at radius 2 is 2.33 bits per heavy atom. The lowest BCUT2D eigenvalue weighted by Gasteiger charge is -2.14. The van der Waals surface area contributed by atoms with Gasteiger partial charge in [0.05, 0.1) is 0 Å². The molecule has 1 atom stereocenters. The highest BCUT2D eigenvalue weighted by Crippen LogP contribution is 2.23. The average molecular weight is 269 g/mol. The van der Waals surface area contributed by atoms with Crippen molar-refractivity contribution in [2.45, 2.75) is 11.2 Å². The molecule has 78 valence electrons. The molecule has 2 heterocycles. The van der Waals surface area contributed by atoms with Gasteiger partial charge < -0.3 is 0 Å². The SMILES string of the molecule is O=Cc1ccc(N2CC(Br)CC2=O)nc1. The fourth-order valence-electron chi connectivity index (χ4n) is 1.51. The van der Waals surface area contributed by atoms with E-state index < -0.39 is 0 Å². The Labute approximate surface area is 95.4 Å². The lowest BCUT2D eigenvalue weighted by atomic mass is 10.3. The average Bonchev–Trinajstić information content (AvgIpc) is 2.58. The van der Waals surface area contributed by atoms with E-state index in [1.54, 1.807) is 17.0 Å². The number of nitrogens with zero attached hydrogens (tertiary/aromatic N) is 2. The predicted molar refractivity (Wildman–Crippen MR) is 59.3 cm³/mol. The summed E-state index contributed by atoms with van der Waals surface area (Å²) in [6, 6.07) is 3.34. The quantitative estimate of drug-likeness (QED) is 0.602. The molecule has 0 aromatic carbocycles. The highest BCUT2D eigenvalue weighted by atomic mass is 79.9. The molecule has 2 rings (SSSR count). The summed E-state index contributed by atoms with van der Waals surface area (Å²) in [6.07, 6.45) is 2.70. The van der Waals surface area contributed by atoms with Crippen LogP contribution in [0.25, 0.3) is 0 Å². The largest absolute Gasteiger partial charge is 0.298 e. The molecule has 0 aliphatic carbocycles. The van der Waals surface area contributed by atoms with Gasteiger partial charge in [0.1, 0.15) is 5.82 Å². The molecular formula is C10H9BrN2O2.